The fourth-order valence-corrected chi connectivity index (χ4v) is 2.60. The van der Waals surface area contributed by atoms with Gasteiger partial charge in [0.25, 0.3) is 0 Å². The highest BCUT2D eigenvalue weighted by Gasteiger charge is 2.20. The van der Waals surface area contributed by atoms with Gasteiger partial charge < -0.3 is 4.74 Å². The molecule has 0 aliphatic carbocycles. The Bertz CT molecular complexity index is 950. The Balaban J connectivity index is 1.92. The molecule has 130 valence electrons. The van der Waals surface area contributed by atoms with E-state index in [2.05, 4.69) is 31.1 Å². The standard InChI is InChI=1S/C14H13BrN6O4/c1-2-3-4-25-14(22)12-11(15)13-16-5-9(7-20(13)18-12)19-8-10(6-17-19)21(23)24/h5-8H,2-4H2,1H3. The van der Waals surface area contributed by atoms with Crippen LogP contribution in [-0.2, 0) is 4.74 Å². The van der Waals surface area contributed by atoms with Crippen molar-refractivity contribution in [3.05, 3.63) is 45.1 Å². The van der Waals surface area contributed by atoms with Crippen molar-refractivity contribution in [3.63, 3.8) is 0 Å². The van der Waals surface area contributed by atoms with Gasteiger partial charge in [0, 0.05) is 0 Å². The van der Waals surface area contributed by atoms with Crippen LogP contribution < -0.4 is 0 Å². The number of nitrogens with zero attached hydrogens (tertiary/aromatic N) is 6. The maximum Gasteiger partial charge on any atom is 0.360 e. The summed E-state index contributed by atoms with van der Waals surface area (Å²) in [5.41, 5.74) is 0.864. The van der Waals surface area contributed by atoms with E-state index in [0.717, 1.165) is 19.0 Å². The molecule has 10 nitrogen and oxygen atoms in total. The van der Waals surface area contributed by atoms with Crippen LogP contribution in [0.2, 0.25) is 0 Å². The van der Waals surface area contributed by atoms with Gasteiger partial charge in [0.05, 0.1) is 28.4 Å². The highest BCUT2D eigenvalue weighted by molar-refractivity contribution is 9.10. The monoisotopic (exact) mass is 408 g/mol. The van der Waals surface area contributed by atoms with Gasteiger partial charge >= 0.3 is 11.7 Å². The number of carbonyl (C=O) groups is 1. The number of hydrogen-bond donors (Lipinski definition) is 0. The number of halogens is 1. The second-order valence-electron chi connectivity index (χ2n) is 5.13. The van der Waals surface area contributed by atoms with Crippen molar-refractivity contribution in [2.75, 3.05) is 6.61 Å². The van der Waals surface area contributed by atoms with Crippen LogP contribution in [0.5, 0.6) is 0 Å². The summed E-state index contributed by atoms with van der Waals surface area (Å²) in [6.07, 6.45) is 7.14. The molecular formula is C14H13BrN6O4. The molecule has 0 fully saturated rings. The zero-order valence-electron chi connectivity index (χ0n) is 13.1. The quantitative estimate of drug-likeness (QED) is 0.266. The van der Waals surface area contributed by atoms with Crippen LogP contribution in [0.4, 0.5) is 5.69 Å². The summed E-state index contributed by atoms with van der Waals surface area (Å²) in [4.78, 5) is 26.5. The van der Waals surface area contributed by atoms with E-state index in [1.54, 1.807) is 6.20 Å². The summed E-state index contributed by atoms with van der Waals surface area (Å²) in [6.45, 7) is 2.32. The summed E-state index contributed by atoms with van der Waals surface area (Å²) in [5, 5.41) is 18.8. The molecule has 0 bridgehead atoms. The lowest BCUT2D eigenvalue weighted by Crippen LogP contribution is -2.08. The Kier molecular flexibility index (Phi) is 4.74. The van der Waals surface area contributed by atoms with Gasteiger partial charge in [-0.2, -0.15) is 10.2 Å². The minimum atomic E-state index is -0.540. The van der Waals surface area contributed by atoms with Crippen LogP contribution in [-0.4, -0.2) is 41.9 Å². The van der Waals surface area contributed by atoms with E-state index in [1.165, 1.54) is 21.6 Å². The summed E-state index contributed by atoms with van der Waals surface area (Å²) in [5.74, 6) is -0.540. The molecule has 0 aliphatic heterocycles. The first-order valence-corrected chi connectivity index (χ1v) is 8.21. The van der Waals surface area contributed by atoms with Crippen LogP contribution in [0.1, 0.15) is 30.3 Å². The summed E-state index contributed by atoms with van der Waals surface area (Å²) in [6, 6.07) is 0. The molecule has 0 atom stereocenters. The number of esters is 1. The minimum absolute atomic E-state index is 0.118. The van der Waals surface area contributed by atoms with Crippen LogP contribution >= 0.6 is 15.9 Å². The Morgan fingerprint density at radius 3 is 2.88 bits per heavy atom. The average Bonchev–Trinajstić information content (AvgIpc) is 3.20. The van der Waals surface area contributed by atoms with E-state index in [0.29, 0.717) is 22.4 Å². The highest BCUT2D eigenvalue weighted by atomic mass is 79.9. The van der Waals surface area contributed by atoms with E-state index < -0.39 is 10.9 Å². The fraction of sp³-hybridized carbons (Fsp3) is 0.286. The van der Waals surface area contributed by atoms with Gasteiger partial charge in [0.2, 0.25) is 0 Å². The Morgan fingerprint density at radius 2 is 2.20 bits per heavy atom. The molecule has 0 saturated heterocycles. The molecule has 11 heteroatoms. The molecule has 0 aliphatic rings. The van der Waals surface area contributed by atoms with E-state index in [9.17, 15) is 14.9 Å². The number of ether oxygens (including phenoxy) is 1. The molecule has 0 unspecified atom stereocenters. The number of carbonyl (C=O) groups excluding carboxylic acids is 1. The first-order valence-electron chi connectivity index (χ1n) is 7.41. The Hall–Kier alpha value is -2.82. The maximum absolute atomic E-state index is 12.1. The number of nitro groups is 1. The summed E-state index contributed by atoms with van der Waals surface area (Å²) in [7, 11) is 0. The second kappa shape index (κ2) is 6.97. The molecule has 3 aromatic heterocycles. The summed E-state index contributed by atoms with van der Waals surface area (Å²) < 4.78 is 8.28. The van der Waals surface area contributed by atoms with Crippen molar-refractivity contribution in [2.24, 2.45) is 0 Å². The average molecular weight is 409 g/mol. The lowest BCUT2D eigenvalue weighted by molar-refractivity contribution is -0.384. The van der Waals surface area contributed by atoms with Gasteiger partial charge in [-0.05, 0) is 22.4 Å². The third-order valence-electron chi connectivity index (χ3n) is 3.37. The molecule has 0 radical (unpaired) electrons. The highest BCUT2D eigenvalue weighted by Crippen LogP contribution is 2.23. The second-order valence-corrected chi connectivity index (χ2v) is 5.93. The van der Waals surface area contributed by atoms with Gasteiger partial charge in [-0.1, -0.05) is 13.3 Å². The third kappa shape index (κ3) is 3.36. The van der Waals surface area contributed by atoms with Gasteiger partial charge in [0.15, 0.2) is 11.3 Å². The fourth-order valence-electron chi connectivity index (χ4n) is 2.07. The summed E-state index contributed by atoms with van der Waals surface area (Å²) >= 11 is 3.31. The van der Waals surface area contributed by atoms with Crippen molar-refractivity contribution in [2.45, 2.75) is 19.8 Å². The first-order chi connectivity index (χ1) is 12.0. The zero-order chi connectivity index (χ0) is 18.0. The number of rotatable bonds is 6. The topological polar surface area (TPSA) is 117 Å². The van der Waals surface area contributed by atoms with Crippen LogP contribution in [0.25, 0.3) is 11.3 Å². The lowest BCUT2D eigenvalue weighted by Gasteiger charge is -2.00. The molecule has 0 spiro atoms. The Morgan fingerprint density at radius 1 is 1.40 bits per heavy atom. The number of hydrogen-bond acceptors (Lipinski definition) is 7. The van der Waals surface area contributed by atoms with Gasteiger partial charge in [-0.25, -0.2) is 19.0 Å². The van der Waals surface area contributed by atoms with Crippen LogP contribution in [0.3, 0.4) is 0 Å². The molecule has 0 N–H and O–H groups in total. The van der Waals surface area contributed by atoms with Crippen molar-refractivity contribution >= 4 is 33.2 Å². The number of aromatic nitrogens is 5. The maximum atomic E-state index is 12.1. The molecule has 0 amide bonds. The van der Waals surface area contributed by atoms with Gasteiger partial charge in [0.1, 0.15) is 18.1 Å². The number of unbranched alkanes of at least 4 members (excludes halogenated alkanes) is 1. The lowest BCUT2D eigenvalue weighted by atomic mass is 10.3. The predicted octanol–water partition coefficient (Wildman–Crippen LogP) is 2.54. The molecule has 25 heavy (non-hydrogen) atoms. The predicted molar refractivity (Wildman–Crippen MR) is 89.7 cm³/mol. The molecule has 3 rings (SSSR count). The van der Waals surface area contributed by atoms with Crippen molar-refractivity contribution < 1.29 is 14.5 Å². The molecule has 3 aromatic rings. The zero-order valence-corrected chi connectivity index (χ0v) is 14.7. The van der Waals surface area contributed by atoms with E-state index in [-0.39, 0.29) is 11.4 Å². The normalized spacial score (nSPS) is 11.0. The van der Waals surface area contributed by atoms with E-state index >= 15 is 0 Å². The molecule has 0 aromatic carbocycles. The first kappa shape index (κ1) is 17.0. The van der Waals surface area contributed by atoms with Gasteiger partial charge in [-0.15, -0.1) is 0 Å². The van der Waals surface area contributed by atoms with Crippen molar-refractivity contribution in [3.8, 4) is 5.69 Å². The molecule has 0 saturated carbocycles. The SMILES string of the molecule is CCCCOC(=O)c1nn2cc(-n3cc([N+](=O)[O-])cn3)cnc2c1Br. The van der Waals surface area contributed by atoms with E-state index in [1.807, 2.05) is 6.92 Å². The van der Waals surface area contributed by atoms with Crippen molar-refractivity contribution in [1.29, 1.82) is 0 Å². The van der Waals surface area contributed by atoms with Crippen LogP contribution in [0, 0.1) is 10.1 Å². The van der Waals surface area contributed by atoms with Crippen molar-refractivity contribution in [1.82, 2.24) is 24.4 Å². The largest absolute Gasteiger partial charge is 0.461 e. The smallest absolute Gasteiger partial charge is 0.360 e. The van der Waals surface area contributed by atoms with E-state index in [4.69, 9.17) is 4.74 Å². The molecule has 3 heterocycles. The molecular weight excluding hydrogens is 396 g/mol. The van der Waals surface area contributed by atoms with Gasteiger partial charge in [-0.3, -0.25) is 10.1 Å². The minimum Gasteiger partial charge on any atom is -0.461 e. The van der Waals surface area contributed by atoms with Crippen LogP contribution in [0.15, 0.2) is 29.3 Å². The Labute approximate surface area is 149 Å². The third-order valence-corrected chi connectivity index (χ3v) is 4.10. The number of fused-ring (bicyclic) bond motifs is 1.